The Kier molecular flexibility index (Phi) is 6.42. The van der Waals surface area contributed by atoms with Crippen LogP contribution in [0, 0.1) is 27.7 Å². The highest BCUT2D eigenvalue weighted by Crippen LogP contribution is 2.29. The van der Waals surface area contributed by atoms with Gasteiger partial charge in [0.25, 0.3) is 0 Å². The molecule has 0 unspecified atom stereocenters. The lowest BCUT2D eigenvalue weighted by atomic mass is 10.1. The molecular formula is C26H26N4OS. The molecule has 3 aromatic carbocycles. The van der Waals surface area contributed by atoms with Crippen molar-refractivity contribution in [3.63, 3.8) is 0 Å². The minimum absolute atomic E-state index is 0.0667. The fourth-order valence-corrected chi connectivity index (χ4v) is 4.33. The molecule has 0 aliphatic carbocycles. The topological polar surface area (TPSA) is 59.8 Å². The molecule has 0 fully saturated rings. The van der Waals surface area contributed by atoms with Crippen molar-refractivity contribution in [3.05, 3.63) is 89.0 Å². The number of para-hydroxylation sites is 1. The largest absolute Gasteiger partial charge is 0.325 e. The normalized spacial score (nSPS) is 10.9. The van der Waals surface area contributed by atoms with Crippen LogP contribution in [0.25, 0.3) is 17.1 Å². The molecule has 0 atom stereocenters. The molecule has 4 rings (SSSR count). The molecule has 1 N–H and O–H groups in total. The minimum Gasteiger partial charge on any atom is -0.325 e. The summed E-state index contributed by atoms with van der Waals surface area (Å²) >= 11 is 1.38. The monoisotopic (exact) mass is 442 g/mol. The molecule has 1 aromatic heterocycles. The zero-order valence-electron chi connectivity index (χ0n) is 18.7. The first-order valence-corrected chi connectivity index (χ1v) is 11.5. The van der Waals surface area contributed by atoms with Gasteiger partial charge in [-0.2, -0.15) is 0 Å². The van der Waals surface area contributed by atoms with E-state index in [0.717, 1.165) is 39.5 Å². The fraction of sp³-hybridized carbons (Fsp3) is 0.192. The second-order valence-corrected chi connectivity index (χ2v) is 8.89. The molecule has 0 bridgehead atoms. The summed E-state index contributed by atoms with van der Waals surface area (Å²) in [6, 6.07) is 22.4. The quantitative estimate of drug-likeness (QED) is 0.378. The number of carbonyl (C=O) groups excluding carboxylic acids is 1. The highest BCUT2D eigenvalue weighted by Gasteiger charge is 2.18. The molecule has 0 saturated carbocycles. The Morgan fingerprint density at radius 1 is 0.875 bits per heavy atom. The van der Waals surface area contributed by atoms with E-state index in [4.69, 9.17) is 0 Å². The van der Waals surface area contributed by atoms with Gasteiger partial charge in [0.2, 0.25) is 5.91 Å². The number of rotatable bonds is 6. The Balaban J connectivity index is 1.62. The standard InChI is InChI=1S/C26H26N4OS/c1-17-11-13-22(14-12-17)30-25(21-10-5-7-18(2)15-21)28-29-26(30)32-16-23(31)27-24-19(3)8-6-9-20(24)4/h5-15H,16H2,1-4H3,(H,27,31). The number of aryl methyl sites for hydroxylation is 4. The molecule has 0 radical (unpaired) electrons. The summed E-state index contributed by atoms with van der Waals surface area (Å²) in [6.45, 7) is 8.12. The number of hydrogen-bond donors (Lipinski definition) is 1. The second-order valence-electron chi connectivity index (χ2n) is 7.95. The van der Waals surface area contributed by atoms with Crippen LogP contribution in [0.2, 0.25) is 0 Å². The molecule has 162 valence electrons. The number of benzene rings is 3. The predicted octanol–water partition coefficient (Wildman–Crippen LogP) is 5.90. The second kappa shape index (κ2) is 9.40. The van der Waals surface area contributed by atoms with E-state index < -0.39 is 0 Å². The molecular weight excluding hydrogens is 416 g/mol. The number of anilines is 1. The van der Waals surface area contributed by atoms with E-state index in [-0.39, 0.29) is 11.7 Å². The van der Waals surface area contributed by atoms with Gasteiger partial charge in [-0.05, 0) is 57.0 Å². The van der Waals surface area contributed by atoms with Gasteiger partial charge in [-0.25, -0.2) is 0 Å². The van der Waals surface area contributed by atoms with E-state index in [0.29, 0.717) is 5.16 Å². The van der Waals surface area contributed by atoms with Gasteiger partial charge in [-0.3, -0.25) is 9.36 Å². The number of amides is 1. The van der Waals surface area contributed by atoms with Crippen molar-refractivity contribution < 1.29 is 4.79 Å². The Hall–Kier alpha value is -3.38. The lowest BCUT2D eigenvalue weighted by Gasteiger charge is -2.12. The fourth-order valence-electron chi connectivity index (χ4n) is 3.58. The van der Waals surface area contributed by atoms with Crippen LogP contribution >= 0.6 is 11.8 Å². The van der Waals surface area contributed by atoms with Crippen LogP contribution in [0.4, 0.5) is 5.69 Å². The smallest absolute Gasteiger partial charge is 0.234 e. The maximum Gasteiger partial charge on any atom is 0.234 e. The van der Waals surface area contributed by atoms with Gasteiger partial charge in [-0.1, -0.05) is 71.4 Å². The number of carbonyl (C=O) groups is 1. The molecule has 32 heavy (non-hydrogen) atoms. The summed E-state index contributed by atoms with van der Waals surface area (Å²) in [7, 11) is 0. The minimum atomic E-state index is -0.0667. The van der Waals surface area contributed by atoms with Crippen LogP contribution in [0.5, 0.6) is 0 Å². The van der Waals surface area contributed by atoms with Gasteiger partial charge < -0.3 is 5.32 Å². The third-order valence-electron chi connectivity index (χ3n) is 5.28. The highest BCUT2D eigenvalue weighted by atomic mass is 32.2. The zero-order chi connectivity index (χ0) is 22.7. The molecule has 0 spiro atoms. The maximum atomic E-state index is 12.7. The van der Waals surface area contributed by atoms with E-state index in [2.05, 4.69) is 65.8 Å². The first-order chi connectivity index (χ1) is 15.4. The van der Waals surface area contributed by atoms with E-state index in [9.17, 15) is 4.79 Å². The third kappa shape index (κ3) is 4.75. The van der Waals surface area contributed by atoms with Gasteiger partial charge in [-0.15, -0.1) is 10.2 Å². The Bertz CT molecular complexity index is 1240. The molecule has 4 aromatic rings. The van der Waals surface area contributed by atoms with Crippen LogP contribution < -0.4 is 5.32 Å². The van der Waals surface area contributed by atoms with Crippen LogP contribution in [0.3, 0.4) is 0 Å². The van der Waals surface area contributed by atoms with Gasteiger partial charge in [0.15, 0.2) is 11.0 Å². The van der Waals surface area contributed by atoms with Crippen molar-refractivity contribution in [2.75, 3.05) is 11.1 Å². The van der Waals surface area contributed by atoms with Crippen LogP contribution in [0.1, 0.15) is 22.3 Å². The van der Waals surface area contributed by atoms with Crippen molar-refractivity contribution in [1.29, 1.82) is 0 Å². The summed E-state index contributed by atoms with van der Waals surface area (Å²) in [5.41, 5.74) is 7.27. The van der Waals surface area contributed by atoms with Gasteiger partial charge in [0.05, 0.1) is 5.75 Å². The Morgan fingerprint density at radius 3 is 2.25 bits per heavy atom. The SMILES string of the molecule is Cc1ccc(-n2c(SCC(=O)Nc3c(C)cccc3C)nnc2-c2cccc(C)c2)cc1. The lowest BCUT2D eigenvalue weighted by molar-refractivity contribution is -0.113. The number of aromatic nitrogens is 3. The average Bonchev–Trinajstić information content (AvgIpc) is 3.19. The summed E-state index contributed by atoms with van der Waals surface area (Å²) in [5, 5.41) is 12.6. The molecule has 1 amide bonds. The first kappa shape index (κ1) is 21.8. The van der Waals surface area contributed by atoms with E-state index in [1.807, 2.05) is 48.7 Å². The summed E-state index contributed by atoms with van der Waals surface area (Å²) in [4.78, 5) is 12.7. The van der Waals surface area contributed by atoms with E-state index >= 15 is 0 Å². The van der Waals surface area contributed by atoms with Gasteiger partial charge in [0, 0.05) is 16.9 Å². The van der Waals surface area contributed by atoms with Gasteiger partial charge in [0.1, 0.15) is 0 Å². The number of hydrogen-bond acceptors (Lipinski definition) is 4. The van der Waals surface area contributed by atoms with Crippen LogP contribution in [-0.2, 0) is 4.79 Å². The summed E-state index contributed by atoms with van der Waals surface area (Å²) in [6.07, 6.45) is 0. The number of nitrogens with one attached hydrogen (secondary N) is 1. The molecule has 0 aliphatic rings. The molecule has 6 heteroatoms. The third-order valence-corrected chi connectivity index (χ3v) is 6.21. The number of nitrogens with zero attached hydrogens (tertiary/aromatic N) is 3. The maximum absolute atomic E-state index is 12.7. The van der Waals surface area contributed by atoms with Crippen molar-refractivity contribution in [1.82, 2.24) is 14.8 Å². The average molecular weight is 443 g/mol. The summed E-state index contributed by atoms with van der Waals surface area (Å²) < 4.78 is 2.02. The van der Waals surface area contributed by atoms with Crippen molar-refractivity contribution in [2.45, 2.75) is 32.9 Å². The molecule has 0 aliphatic heterocycles. The lowest BCUT2D eigenvalue weighted by Crippen LogP contribution is -2.16. The summed E-state index contributed by atoms with van der Waals surface area (Å²) in [5.74, 6) is 0.934. The predicted molar refractivity (Wildman–Crippen MR) is 132 cm³/mol. The molecule has 5 nitrogen and oxygen atoms in total. The Morgan fingerprint density at radius 2 is 1.56 bits per heavy atom. The molecule has 1 heterocycles. The van der Waals surface area contributed by atoms with E-state index in [1.165, 1.54) is 17.3 Å². The van der Waals surface area contributed by atoms with Crippen molar-refractivity contribution in [2.24, 2.45) is 0 Å². The van der Waals surface area contributed by atoms with Gasteiger partial charge >= 0.3 is 0 Å². The Labute approximate surface area is 192 Å². The first-order valence-electron chi connectivity index (χ1n) is 10.5. The van der Waals surface area contributed by atoms with Crippen LogP contribution in [0.15, 0.2) is 71.9 Å². The highest BCUT2D eigenvalue weighted by molar-refractivity contribution is 7.99. The zero-order valence-corrected chi connectivity index (χ0v) is 19.5. The molecule has 0 saturated heterocycles. The van der Waals surface area contributed by atoms with Crippen molar-refractivity contribution in [3.8, 4) is 17.1 Å². The van der Waals surface area contributed by atoms with Crippen LogP contribution in [-0.4, -0.2) is 26.4 Å². The van der Waals surface area contributed by atoms with E-state index in [1.54, 1.807) is 0 Å². The number of thioether (sulfide) groups is 1. The van der Waals surface area contributed by atoms with Crippen molar-refractivity contribution >= 4 is 23.4 Å².